The largest absolute Gasteiger partial charge is 0.481 e. The van der Waals surface area contributed by atoms with Gasteiger partial charge < -0.3 is 31.9 Å². The molecule has 166 valence electrons. The summed E-state index contributed by atoms with van der Waals surface area (Å²) in [6, 6.07) is 15.9. The molecule has 0 aliphatic heterocycles. The van der Waals surface area contributed by atoms with E-state index in [0.717, 1.165) is 17.8 Å². The van der Waals surface area contributed by atoms with Crippen molar-refractivity contribution in [1.82, 2.24) is 0 Å². The lowest BCUT2D eigenvalue weighted by atomic mass is 9.87. The third-order valence-corrected chi connectivity index (χ3v) is 4.28. The van der Waals surface area contributed by atoms with Gasteiger partial charge in [0, 0.05) is 11.4 Å². The Kier molecular flexibility index (Phi) is 9.51. The van der Waals surface area contributed by atoms with Crippen LogP contribution in [-0.4, -0.2) is 44.3 Å². The average Bonchev–Trinajstić information content (AvgIpc) is 2.68. The molecule has 0 radical (unpaired) electrons. The van der Waals surface area contributed by atoms with Gasteiger partial charge in [-0.15, -0.1) is 0 Å². The molecular formula is C21H24N2O8. The number of nitrogens with two attached hydrogens (primary N) is 2. The molecule has 0 saturated heterocycles. The van der Waals surface area contributed by atoms with Crippen molar-refractivity contribution in [2.45, 2.75) is 19.3 Å². The number of carboxylic acids is 4. The molecule has 0 aromatic heterocycles. The number of rotatable bonds is 9. The Morgan fingerprint density at radius 3 is 1.13 bits per heavy atom. The van der Waals surface area contributed by atoms with Crippen molar-refractivity contribution in [2.75, 3.05) is 11.5 Å². The molecule has 0 aliphatic carbocycles. The number of hydrogen-bond donors (Lipinski definition) is 6. The fourth-order valence-corrected chi connectivity index (χ4v) is 2.69. The molecular weight excluding hydrogens is 408 g/mol. The van der Waals surface area contributed by atoms with Gasteiger partial charge in [-0.1, -0.05) is 24.3 Å². The van der Waals surface area contributed by atoms with Crippen molar-refractivity contribution in [1.29, 1.82) is 0 Å². The predicted octanol–water partition coefficient (Wildman–Crippen LogP) is 1.78. The molecule has 0 amide bonds. The van der Waals surface area contributed by atoms with Gasteiger partial charge in [0.2, 0.25) is 0 Å². The standard InChI is InChI=1S/C13H14N2.C8H10O8/c14-12-5-1-10(2-6-12)9-11-3-7-13(15)8-4-11;9-5(10)1-3(7(13)14)4(8(15)16)2-6(11)12/h1-8H,9,14-15H2;3-4H,1-2H2,(H,9,10)(H,11,12)(H,13,14)(H,15,16). The van der Waals surface area contributed by atoms with Crippen molar-refractivity contribution in [3.05, 3.63) is 59.7 Å². The van der Waals surface area contributed by atoms with Gasteiger partial charge >= 0.3 is 23.9 Å². The average molecular weight is 432 g/mol. The van der Waals surface area contributed by atoms with E-state index in [1.807, 2.05) is 48.5 Å². The van der Waals surface area contributed by atoms with Crippen LogP contribution in [0.3, 0.4) is 0 Å². The van der Waals surface area contributed by atoms with E-state index >= 15 is 0 Å². The number of nitrogen functional groups attached to an aromatic ring is 2. The second-order valence-electron chi connectivity index (χ2n) is 6.75. The Balaban J connectivity index is 0.000000310. The van der Waals surface area contributed by atoms with Crippen LogP contribution in [-0.2, 0) is 25.6 Å². The van der Waals surface area contributed by atoms with Crippen LogP contribution in [0.5, 0.6) is 0 Å². The molecule has 31 heavy (non-hydrogen) atoms. The Morgan fingerprint density at radius 1 is 0.613 bits per heavy atom. The van der Waals surface area contributed by atoms with Gasteiger partial charge in [-0.05, 0) is 41.8 Å². The highest BCUT2D eigenvalue weighted by Gasteiger charge is 2.36. The van der Waals surface area contributed by atoms with Crippen LogP contribution in [0.15, 0.2) is 48.5 Å². The van der Waals surface area contributed by atoms with E-state index in [1.54, 1.807) is 0 Å². The highest BCUT2D eigenvalue weighted by Crippen LogP contribution is 2.21. The van der Waals surface area contributed by atoms with E-state index in [1.165, 1.54) is 11.1 Å². The molecule has 2 aromatic carbocycles. The molecule has 8 N–H and O–H groups in total. The van der Waals surface area contributed by atoms with Gasteiger partial charge in [-0.3, -0.25) is 19.2 Å². The minimum Gasteiger partial charge on any atom is -0.481 e. The van der Waals surface area contributed by atoms with Crippen molar-refractivity contribution in [3.63, 3.8) is 0 Å². The first-order chi connectivity index (χ1) is 14.5. The Bertz CT molecular complexity index is 834. The molecule has 0 aliphatic rings. The first-order valence-corrected chi connectivity index (χ1v) is 9.07. The summed E-state index contributed by atoms with van der Waals surface area (Å²) >= 11 is 0. The van der Waals surface area contributed by atoms with E-state index in [2.05, 4.69) is 0 Å². The summed E-state index contributed by atoms with van der Waals surface area (Å²) in [4.78, 5) is 41.9. The van der Waals surface area contributed by atoms with Crippen LogP contribution >= 0.6 is 0 Å². The first-order valence-electron chi connectivity index (χ1n) is 9.07. The minimum atomic E-state index is -1.76. The van der Waals surface area contributed by atoms with Crippen molar-refractivity contribution in [2.24, 2.45) is 11.8 Å². The molecule has 10 heteroatoms. The Morgan fingerprint density at radius 2 is 0.903 bits per heavy atom. The van der Waals surface area contributed by atoms with Crippen molar-refractivity contribution in [3.8, 4) is 0 Å². The van der Waals surface area contributed by atoms with Gasteiger partial charge in [0.1, 0.15) is 0 Å². The third-order valence-electron chi connectivity index (χ3n) is 4.28. The summed E-state index contributed by atoms with van der Waals surface area (Å²) in [5, 5.41) is 34.1. The molecule has 2 aromatic rings. The van der Waals surface area contributed by atoms with Crippen LogP contribution < -0.4 is 11.5 Å². The second-order valence-corrected chi connectivity index (χ2v) is 6.75. The normalized spacial score (nSPS) is 12.0. The molecule has 0 bridgehead atoms. The molecule has 2 atom stereocenters. The zero-order chi connectivity index (χ0) is 23.6. The highest BCUT2D eigenvalue weighted by molar-refractivity contribution is 5.86. The number of benzene rings is 2. The Labute approximate surface area is 177 Å². The lowest BCUT2D eigenvalue weighted by molar-refractivity contribution is -0.160. The summed E-state index contributed by atoms with van der Waals surface area (Å²) in [6.07, 6.45) is -0.945. The van der Waals surface area contributed by atoms with Gasteiger partial charge in [0.25, 0.3) is 0 Å². The zero-order valence-corrected chi connectivity index (χ0v) is 16.5. The molecule has 0 heterocycles. The SMILES string of the molecule is Nc1ccc(Cc2ccc(N)cc2)cc1.O=C(O)CC(C(=O)O)C(CC(=O)O)C(=O)O. The summed E-state index contributed by atoms with van der Waals surface area (Å²) in [5.74, 6) is -9.79. The predicted molar refractivity (Wildman–Crippen MR) is 111 cm³/mol. The first kappa shape index (κ1) is 25.0. The molecule has 0 saturated carbocycles. The fraction of sp³-hybridized carbons (Fsp3) is 0.238. The summed E-state index contributed by atoms with van der Waals surface area (Å²) in [5.41, 5.74) is 15.4. The summed E-state index contributed by atoms with van der Waals surface area (Å²) < 4.78 is 0. The number of carboxylic acid groups (broad SMARTS) is 4. The van der Waals surface area contributed by atoms with Gasteiger partial charge in [-0.25, -0.2) is 0 Å². The summed E-state index contributed by atoms with van der Waals surface area (Å²) in [6.45, 7) is 0. The Hall–Kier alpha value is -4.08. The van der Waals surface area contributed by atoms with Crippen molar-refractivity contribution >= 4 is 35.3 Å². The maximum absolute atomic E-state index is 10.6. The quantitative estimate of drug-likeness (QED) is 0.317. The van der Waals surface area contributed by atoms with E-state index in [-0.39, 0.29) is 0 Å². The lowest BCUT2D eigenvalue weighted by Gasteiger charge is -2.16. The van der Waals surface area contributed by atoms with E-state index < -0.39 is 48.6 Å². The highest BCUT2D eigenvalue weighted by atomic mass is 16.4. The molecule has 2 unspecified atom stereocenters. The van der Waals surface area contributed by atoms with E-state index in [9.17, 15) is 19.2 Å². The number of anilines is 2. The van der Waals surface area contributed by atoms with Gasteiger partial charge in [-0.2, -0.15) is 0 Å². The third kappa shape index (κ3) is 9.31. The smallest absolute Gasteiger partial charge is 0.307 e. The van der Waals surface area contributed by atoms with Crippen LogP contribution in [0.1, 0.15) is 24.0 Å². The second kappa shape index (κ2) is 11.8. The van der Waals surface area contributed by atoms with Crippen LogP contribution in [0.2, 0.25) is 0 Å². The molecule has 0 spiro atoms. The van der Waals surface area contributed by atoms with Crippen LogP contribution in [0.25, 0.3) is 0 Å². The minimum absolute atomic E-state index is 0.802. The van der Waals surface area contributed by atoms with E-state index in [4.69, 9.17) is 31.9 Å². The monoisotopic (exact) mass is 432 g/mol. The molecule has 2 rings (SSSR count). The van der Waals surface area contributed by atoms with Crippen LogP contribution in [0, 0.1) is 11.8 Å². The number of carbonyl (C=O) groups is 4. The molecule has 0 fully saturated rings. The van der Waals surface area contributed by atoms with Gasteiger partial charge in [0.15, 0.2) is 0 Å². The lowest BCUT2D eigenvalue weighted by Crippen LogP contribution is -2.33. The topological polar surface area (TPSA) is 201 Å². The van der Waals surface area contributed by atoms with Gasteiger partial charge in [0.05, 0.1) is 24.7 Å². The maximum atomic E-state index is 10.6. The number of hydrogen-bond acceptors (Lipinski definition) is 6. The number of aliphatic carboxylic acids is 4. The molecule has 10 nitrogen and oxygen atoms in total. The van der Waals surface area contributed by atoms with Crippen LogP contribution in [0.4, 0.5) is 11.4 Å². The maximum Gasteiger partial charge on any atom is 0.307 e. The summed E-state index contributed by atoms with van der Waals surface area (Å²) in [7, 11) is 0. The fourth-order valence-electron chi connectivity index (χ4n) is 2.69. The zero-order valence-electron chi connectivity index (χ0n) is 16.5. The van der Waals surface area contributed by atoms with Crippen molar-refractivity contribution < 1.29 is 39.6 Å². The van der Waals surface area contributed by atoms with E-state index in [0.29, 0.717) is 0 Å².